The molecule has 0 saturated heterocycles. The summed E-state index contributed by atoms with van der Waals surface area (Å²) in [6.45, 7) is 2.87. The van der Waals surface area contributed by atoms with Crippen molar-refractivity contribution in [2.24, 2.45) is 0 Å². The number of carbonyl (C=O) groups is 1. The summed E-state index contributed by atoms with van der Waals surface area (Å²) in [6, 6.07) is 0. The van der Waals surface area contributed by atoms with Gasteiger partial charge in [0, 0.05) is 20.6 Å². The largest absolute Gasteiger partial charge is 0.347 e. The van der Waals surface area contributed by atoms with Crippen molar-refractivity contribution in [1.82, 2.24) is 14.9 Å². The molecule has 17 heavy (non-hydrogen) atoms. The van der Waals surface area contributed by atoms with Crippen LogP contribution in [0.25, 0.3) is 0 Å². The highest BCUT2D eigenvalue weighted by molar-refractivity contribution is 9.10. The zero-order valence-corrected chi connectivity index (χ0v) is 12.3. The molecule has 0 atom stereocenters. The molecule has 0 aliphatic heterocycles. The van der Waals surface area contributed by atoms with E-state index in [2.05, 4.69) is 25.9 Å². The van der Waals surface area contributed by atoms with Crippen molar-refractivity contribution in [2.75, 3.05) is 32.1 Å². The summed E-state index contributed by atoms with van der Waals surface area (Å²) >= 11 is 9.22. The van der Waals surface area contributed by atoms with Gasteiger partial charge in [-0.1, -0.05) is 11.6 Å². The van der Waals surface area contributed by atoms with Crippen molar-refractivity contribution in [2.45, 2.75) is 6.92 Å². The highest BCUT2D eigenvalue weighted by Gasteiger charge is 2.17. The predicted molar refractivity (Wildman–Crippen MR) is 71.3 cm³/mol. The molecule has 1 aromatic heterocycles. The molecule has 0 aliphatic rings. The van der Waals surface area contributed by atoms with Gasteiger partial charge < -0.3 is 9.80 Å². The zero-order chi connectivity index (χ0) is 13.0. The molecule has 0 radical (unpaired) electrons. The maximum absolute atomic E-state index is 11.7. The fourth-order valence-electron chi connectivity index (χ4n) is 1.20. The van der Waals surface area contributed by atoms with Gasteiger partial charge >= 0.3 is 0 Å². The fraction of sp³-hybridized carbons (Fsp3) is 0.500. The molecule has 94 valence electrons. The average Bonchev–Trinajstić information content (AvgIpc) is 2.29. The van der Waals surface area contributed by atoms with Crippen molar-refractivity contribution in [3.05, 3.63) is 16.0 Å². The highest BCUT2D eigenvalue weighted by atomic mass is 79.9. The van der Waals surface area contributed by atoms with Crippen LogP contribution in [0, 0.1) is 0 Å². The van der Waals surface area contributed by atoms with E-state index in [0.29, 0.717) is 22.0 Å². The van der Waals surface area contributed by atoms with Crippen LogP contribution in [0.2, 0.25) is 5.15 Å². The lowest BCUT2D eigenvalue weighted by molar-refractivity contribution is -0.127. The molecule has 1 amide bonds. The second kappa shape index (κ2) is 6.16. The number of likely N-dealkylation sites (N-methyl/N-ethyl adjacent to an activating group) is 2. The molecule has 1 heterocycles. The van der Waals surface area contributed by atoms with Gasteiger partial charge in [0.1, 0.15) is 17.3 Å². The van der Waals surface area contributed by atoms with Crippen LogP contribution in [0.1, 0.15) is 6.92 Å². The lowest BCUT2D eigenvalue weighted by Gasteiger charge is -2.24. The highest BCUT2D eigenvalue weighted by Crippen LogP contribution is 2.28. The number of hydrogen-bond acceptors (Lipinski definition) is 4. The number of rotatable bonds is 4. The SMILES string of the molecule is CCN(CC(=O)N(C)C)c1ncnc(Cl)c1Br. The summed E-state index contributed by atoms with van der Waals surface area (Å²) in [7, 11) is 3.44. The van der Waals surface area contributed by atoms with Crippen LogP contribution in [0.15, 0.2) is 10.8 Å². The first-order valence-electron chi connectivity index (χ1n) is 5.08. The van der Waals surface area contributed by atoms with Gasteiger partial charge in [0.05, 0.1) is 11.0 Å². The topological polar surface area (TPSA) is 49.3 Å². The summed E-state index contributed by atoms with van der Waals surface area (Å²) in [6.07, 6.45) is 1.38. The molecule has 5 nitrogen and oxygen atoms in total. The Kier molecular flexibility index (Phi) is 5.14. The standard InChI is InChI=1S/C10H14BrClN4O/c1-4-16(5-7(17)15(2)3)10-8(11)9(12)13-6-14-10/h6H,4-5H2,1-3H3. The third-order valence-electron chi connectivity index (χ3n) is 2.23. The Morgan fingerprint density at radius 3 is 2.65 bits per heavy atom. The number of nitrogens with zero attached hydrogens (tertiary/aromatic N) is 4. The molecule has 0 fully saturated rings. The Morgan fingerprint density at radius 2 is 2.12 bits per heavy atom. The van der Waals surface area contributed by atoms with Gasteiger partial charge in [0.25, 0.3) is 0 Å². The van der Waals surface area contributed by atoms with Gasteiger partial charge in [0.15, 0.2) is 0 Å². The second-order valence-electron chi connectivity index (χ2n) is 3.60. The Balaban J connectivity index is 2.94. The number of halogens is 2. The minimum atomic E-state index is 0.00786. The van der Waals surface area contributed by atoms with Crippen molar-refractivity contribution in [1.29, 1.82) is 0 Å². The minimum absolute atomic E-state index is 0.00786. The summed E-state index contributed by atoms with van der Waals surface area (Å²) in [5, 5.41) is 0.339. The van der Waals surface area contributed by atoms with Crippen molar-refractivity contribution < 1.29 is 4.79 Å². The van der Waals surface area contributed by atoms with Gasteiger partial charge in [-0.25, -0.2) is 9.97 Å². The average molecular weight is 322 g/mol. The quantitative estimate of drug-likeness (QED) is 0.794. The van der Waals surface area contributed by atoms with E-state index in [1.807, 2.05) is 11.8 Å². The molecule has 1 aromatic rings. The molecule has 7 heteroatoms. The van der Waals surface area contributed by atoms with Gasteiger partial charge in [-0.05, 0) is 22.9 Å². The zero-order valence-electron chi connectivity index (χ0n) is 9.94. The van der Waals surface area contributed by atoms with E-state index in [1.54, 1.807) is 19.0 Å². The number of amides is 1. The summed E-state index contributed by atoms with van der Waals surface area (Å²) in [5.74, 6) is 0.635. The van der Waals surface area contributed by atoms with E-state index in [4.69, 9.17) is 11.6 Å². The third kappa shape index (κ3) is 3.54. The van der Waals surface area contributed by atoms with E-state index in [-0.39, 0.29) is 12.5 Å². The van der Waals surface area contributed by atoms with Crippen molar-refractivity contribution in [3.8, 4) is 0 Å². The van der Waals surface area contributed by atoms with Crippen LogP contribution in [0.5, 0.6) is 0 Å². The normalized spacial score (nSPS) is 10.2. The van der Waals surface area contributed by atoms with Crippen LogP contribution >= 0.6 is 27.5 Å². The van der Waals surface area contributed by atoms with Crippen molar-refractivity contribution in [3.63, 3.8) is 0 Å². The Bertz CT molecular complexity index is 413. The summed E-state index contributed by atoms with van der Waals surface area (Å²) in [5.41, 5.74) is 0. The Labute approximate surface area is 114 Å². The first kappa shape index (κ1) is 14.2. The van der Waals surface area contributed by atoms with Gasteiger partial charge in [-0.2, -0.15) is 0 Å². The molecular formula is C10H14BrClN4O. The van der Waals surface area contributed by atoms with Crippen molar-refractivity contribution >= 4 is 39.3 Å². The van der Waals surface area contributed by atoms with E-state index in [9.17, 15) is 4.79 Å². The van der Waals surface area contributed by atoms with Crippen LogP contribution in [0.4, 0.5) is 5.82 Å². The number of carbonyl (C=O) groups excluding carboxylic acids is 1. The molecule has 1 rings (SSSR count). The molecule has 0 saturated carbocycles. The smallest absolute Gasteiger partial charge is 0.241 e. The summed E-state index contributed by atoms with van der Waals surface area (Å²) < 4.78 is 0.607. The summed E-state index contributed by atoms with van der Waals surface area (Å²) in [4.78, 5) is 23.0. The predicted octanol–water partition coefficient (Wildman–Crippen LogP) is 1.81. The van der Waals surface area contributed by atoms with E-state index < -0.39 is 0 Å². The Hall–Kier alpha value is -0.880. The molecule has 0 N–H and O–H groups in total. The monoisotopic (exact) mass is 320 g/mol. The lowest BCUT2D eigenvalue weighted by Crippen LogP contribution is -2.37. The van der Waals surface area contributed by atoms with E-state index >= 15 is 0 Å². The van der Waals surface area contributed by atoms with Crippen LogP contribution in [-0.2, 0) is 4.79 Å². The number of hydrogen-bond donors (Lipinski definition) is 0. The maximum atomic E-state index is 11.7. The molecule has 0 aromatic carbocycles. The molecular weight excluding hydrogens is 307 g/mol. The Morgan fingerprint density at radius 1 is 1.47 bits per heavy atom. The maximum Gasteiger partial charge on any atom is 0.241 e. The van der Waals surface area contributed by atoms with Crippen LogP contribution < -0.4 is 4.90 Å². The van der Waals surface area contributed by atoms with E-state index in [0.717, 1.165) is 0 Å². The molecule has 0 aliphatic carbocycles. The van der Waals surface area contributed by atoms with Gasteiger partial charge in [-0.3, -0.25) is 4.79 Å². The fourth-order valence-corrected chi connectivity index (χ4v) is 1.79. The molecule has 0 spiro atoms. The molecule has 0 unspecified atom stereocenters. The third-order valence-corrected chi connectivity index (χ3v) is 3.48. The number of anilines is 1. The molecule has 0 bridgehead atoms. The van der Waals surface area contributed by atoms with Crippen LogP contribution in [0.3, 0.4) is 0 Å². The minimum Gasteiger partial charge on any atom is -0.347 e. The van der Waals surface area contributed by atoms with Gasteiger partial charge in [0.2, 0.25) is 5.91 Å². The van der Waals surface area contributed by atoms with E-state index in [1.165, 1.54) is 6.33 Å². The second-order valence-corrected chi connectivity index (χ2v) is 4.76. The first-order chi connectivity index (χ1) is 7.97. The first-order valence-corrected chi connectivity index (χ1v) is 6.25. The van der Waals surface area contributed by atoms with Crippen LogP contribution in [-0.4, -0.2) is 48.0 Å². The number of aromatic nitrogens is 2. The lowest BCUT2D eigenvalue weighted by atomic mass is 10.4. The van der Waals surface area contributed by atoms with Gasteiger partial charge in [-0.15, -0.1) is 0 Å².